The average Bonchev–Trinajstić information content (AvgIpc) is 2.92. The molecule has 0 amide bonds. The minimum Gasteiger partial charge on any atom is -0.495 e. The number of ether oxygens (including phenoxy) is 2. The van der Waals surface area contributed by atoms with Crippen molar-refractivity contribution in [3.63, 3.8) is 0 Å². The Morgan fingerprint density at radius 2 is 0.905 bits per heavy atom. The third kappa shape index (κ3) is 12.1. The van der Waals surface area contributed by atoms with Gasteiger partial charge in [-0.25, -0.2) is 16.8 Å². The van der Waals surface area contributed by atoms with Gasteiger partial charge < -0.3 is 9.47 Å². The summed E-state index contributed by atoms with van der Waals surface area (Å²) in [5.41, 5.74) is -0.420. The lowest BCUT2D eigenvalue weighted by Crippen LogP contribution is -2.17. The van der Waals surface area contributed by atoms with Gasteiger partial charge in [-0.2, -0.15) is 0 Å². The Labute approximate surface area is 246 Å². The van der Waals surface area contributed by atoms with E-state index in [1.165, 1.54) is 38.5 Å². The molecule has 2 rings (SSSR count). The van der Waals surface area contributed by atoms with Crippen LogP contribution in [0.3, 0.4) is 0 Å². The van der Waals surface area contributed by atoms with E-state index in [2.05, 4.69) is 9.44 Å². The number of nitrogens with one attached hydrogen (secondary N) is 2. The Morgan fingerprint density at radius 3 is 1.19 bits per heavy atom. The maximum Gasteiger partial charge on any atom is 0.271 e. The van der Waals surface area contributed by atoms with Crippen molar-refractivity contribution in [1.82, 2.24) is 0 Å². The summed E-state index contributed by atoms with van der Waals surface area (Å²) >= 11 is 0. The van der Waals surface area contributed by atoms with E-state index >= 15 is 0 Å². The summed E-state index contributed by atoms with van der Waals surface area (Å²) < 4.78 is 64.6. The van der Waals surface area contributed by atoms with Gasteiger partial charge in [-0.05, 0) is 25.0 Å². The van der Waals surface area contributed by atoms with Gasteiger partial charge in [0.1, 0.15) is 11.5 Å². The number of methoxy groups -OCH3 is 2. The van der Waals surface area contributed by atoms with Crippen LogP contribution >= 0.6 is 0 Å². The summed E-state index contributed by atoms with van der Waals surface area (Å²) in [6.07, 6.45) is 8.01. The van der Waals surface area contributed by atoms with Crippen molar-refractivity contribution >= 4 is 42.8 Å². The molecule has 42 heavy (non-hydrogen) atoms. The summed E-state index contributed by atoms with van der Waals surface area (Å²) in [6, 6.07) is 7.42. The van der Waals surface area contributed by atoms with Crippen LogP contribution in [0.4, 0.5) is 22.7 Å². The summed E-state index contributed by atoms with van der Waals surface area (Å²) in [7, 11) is -4.68. The Kier molecular flexibility index (Phi) is 13.7. The first kappa shape index (κ1) is 34.5. The van der Waals surface area contributed by atoms with Gasteiger partial charge in [0.05, 0.1) is 46.9 Å². The summed E-state index contributed by atoms with van der Waals surface area (Å²) in [5, 5.41) is 22.0. The van der Waals surface area contributed by atoms with E-state index in [4.69, 9.17) is 9.47 Å². The third-order valence-corrected chi connectivity index (χ3v) is 9.11. The molecule has 0 aliphatic carbocycles. The van der Waals surface area contributed by atoms with Crippen LogP contribution in [0, 0.1) is 20.2 Å². The van der Waals surface area contributed by atoms with Crippen molar-refractivity contribution in [2.45, 2.75) is 64.2 Å². The second kappa shape index (κ2) is 16.7. The molecule has 0 heterocycles. The number of nitro benzene ring substituents is 2. The Morgan fingerprint density at radius 1 is 0.595 bits per heavy atom. The molecule has 0 fully saturated rings. The molecule has 0 saturated carbocycles. The van der Waals surface area contributed by atoms with Crippen LogP contribution in [0.25, 0.3) is 0 Å². The van der Waals surface area contributed by atoms with Gasteiger partial charge >= 0.3 is 0 Å². The topological polar surface area (TPSA) is 197 Å². The zero-order chi connectivity index (χ0) is 31.2. The number of rotatable bonds is 21. The van der Waals surface area contributed by atoms with Crippen molar-refractivity contribution in [1.29, 1.82) is 0 Å². The molecule has 0 unspecified atom stereocenters. The highest BCUT2D eigenvalue weighted by Gasteiger charge is 2.18. The second-order valence-corrected chi connectivity index (χ2v) is 13.3. The lowest BCUT2D eigenvalue weighted by atomic mass is 10.1. The van der Waals surface area contributed by atoms with E-state index in [0.29, 0.717) is 12.8 Å². The van der Waals surface area contributed by atoms with Crippen LogP contribution in [0.5, 0.6) is 11.5 Å². The van der Waals surface area contributed by atoms with Crippen molar-refractivity contribution in [3.05, 3.63) is 56.6 Å². The number of hydrogen-bond acceptors (Lipinski definition) is 10. The van der Waals surface area contributed by atoms with E-state index in [0.717, 1.165) is 63.5 Å². The lowest BCUT2D eigenvalue weighted by molar-refractivity contribution is -0.385. The number of unbranched alkanes of at least 4 members (excludes halogenated alkanes) is 9. The van der Waals surface area contributed by atoms with Crippen molar-refractivity contribution in [2.24, 2.45) is 0 Å². The molecule has 234 valence electrons. The van der Waals surface area contributed by atoms with Gasteiger partial charge in [0.25, 0.3) is 11.4 Å². The largest absolute Gasteiger partial charge is 0.495 e. The van der Waals surface area contributed by atoms with Crippen LogP contribution in [-0.4, -0.2) is 52.4 Å². The molecule has 0 atom stereocenters. The van der Waals surface area contributed by atoms with E-state index in [1.807, 2.05) is 0 Å². The van der Waals surface area contributed by atoms with Crippen LogP contribution in [0.15, 0.2) is 36.4 Å². The molecule has 0 spiro atoms. The van der Waals surface area contributed by atoms with Gasteiger partial charge in [0.15, 0.2) is 0 Å². The molecular formula is C26H38N4O10S2. The van der Waals surface area contributed by atoms with Crippen molar-refractivity contribution in [2.75, 3.05) is 35.2 Å². The number of hydrogen-bond donors (Lipinski definition) is 2. The molecule has 0 aliphatic rings. The van der Waals surface area contributed by atoms with Crippen molar-refractivity contribution < 1.29 is 36.2 Å². The number of non-ortho nitro benzene ring substituents is 2. The van der Waals surface area contributed by atoms with E-state index in [1.54, 1.807) is 0 Å². The molecule has 2 aromatic carbocycles. The molecule has 0 radical (unpaired) electrons. The smallest absolute Gasteiger partial charge is 0.271 e. The summed E-state index contributed by atoms with van der Waals surface area (Å²) in [6.45, 7) is 0. The first-order valence-electron chi connectivity index (χ1n) is 13.5. The molecule has 0 aromatic heterocycles. The highest BCUT2D eigenvalue weighted by molar-refractivity contribution is 7.92. The normalized spacial score (nSPS) is 11.6. The molecule has 0 saturated heterocycles. The minimum atomic E-state index is -3.69. The van der Waals surface area contributed by atoms with Crippen molar-refractivity contribution in [3.8, 4) is 11.5 Å². The van der Waals surface area contributed by atoms with E-state index in [9.17, 15) is 37.1 Å². The number of nitro groups is 2. The number of sulfonamides is 2. The number of anilines is 2. The highest BCUT2D eigenvalue weighted by Crippen LogP contribution is 2.31. The zero-order valence-electron chi connectivity index (χ0n) is 23.7. The van der Waals surface area contributed by atoms with E-state index < -0.39 is 29.9 Å². The molecule has 16 heteroatoms. The highest BCUT2D eigenvalue weighted by atomic mass is 32.2. The van der Waals surface area contributed by atoms with Gasteiger partial charge in [-0.15, -0.1) is 0 Å². The lowest BCUT2D eigenvalue weighted by Gasteiger charge is -2.12. The van der Waals surface area contributed by atoms with Gasteiger partial charge in [-0.1, -0.05) is 51.4 Å². The minimum absolute atomic E-state index is 0.0308. The fourth-order valence-corrected chi connectivity index (χ4v) is 6.58. The van der Waals surface area contributed by atoms with Gasteiger partial charge in [0, 0.05) is 24.3 Å². The van der Waals surface area contributed by atoms with Crippen LogP contribution in [0.1, 0.15) is 64.2 Å². The summed E-state index contributed by atoms with van der Waals surface area (Å²) in [5.74, 6) is 0.182. The average molecular weight is 631 g/mol. The maximum absolute atomic E-state index is 12.4. The third-order valence-electron chi connectivity index (χ3n) is 6.39. The second-order valence-electron chi connectivity index (χ2n) is 9.66. The molecule has 0 aliphatic heterocycles. The molecule has 2 aromatic rings. The molecule has 0 bridgehead atoms. The molecular weight excluding hydrogens is 592 g/mol. The predicted molar refractivity (Wildman–Crippen MR) is 160 cm³/mol. The maximum atomic E-state index is 12.4. The first-order chi connectivity index (χ1) is 19.9. The summed E-state index contributed by atoms with van der Waals surface area (Å²) in [4.78, 5) is 20.7. The van der Waals surface area contributed by atoms with Crippen LogP contribution in [-0.2, 0) is 20.0 Å². The Bertz CT molecular complexity index is 1310. The molecule has 14 nitrogen and oxygen atoms in total. The van der Waals surface area contributed by atoms with Crippen LogP contribution < -0.4 is 18.9 Å². The van der Waals surface area contributed by atoms with Gasteiger partial charge in [-0.3, -0.25) is 29.7 Å². The fourth-order valence-electron chi connectivity index (χ4n) is 4.21. The zero-order valence-corrected chi connectivity index (χ0v) is 25.4. The SMILES string of the molecule is COc1ccc([N+](=O)[O-])cc1NS(=O)(=O)CCCCCCCCCCCCS(=O)(=O)Nc1cc([N+](=O)[O-])ccc1OC. The Balaban J connectivity index is 1.58. The van der Waals surface area contributed by atoms with Gasteiger partial charge in [0.2, 0.25) is 20.0 Å². The van der Waals surface area contributed by atoms with E-state index in [-0.39, 0.29) is 45.8 Å². The van der Waals surface area contributed by atoms with Crippen LogP contribution in [0.2, 0.25) is 0 Å². The Hall–Kier alpha value is -3.66. The fraction of sp³-hybridized carbons (Fsp3) is 0.538. The standard InChI is InChI=1S/C26H38N4O10S2/c1-39-25-15-13-21(29(31)32)19-23(25)27-41(35,36)17-11-9-7-5-3-4-6-8-10-12-18-42(37,38)28-24-20-22(30(33)34)14-16-26(24)40-2/h13-16,19-20,27-28H,3-12,17-18H2,1-2H3. The quantitative estimate of drug-likeness (QED) is 0.0994. The number of benzene rings is 2. The predicted octanol–water partition coefficient (Wildman–Crippen LogP) is 5.60. The monoisotopic (exact) mass is 630 g/mol. The first-order valence-corrected chi connectivity index (χ1v) is 16.8. The molecule has 2 N–H and O–H groups in total. The number of nitrogens with zero attached hydrogens (tertiary/aromatic N) is 2.